The van der Waals surface area contributed by atoms with Gasteiger partial charge in [0.05, 0.1) is 11.1 Å². The fourth-order valence-electron chi connectivity index (χ4n) is 14.0. The molecular weight excluding hydrogens is 807 g/mol. The van der Waals surface area contributed by atoms with Crippen LogP contribution in [0.4, 0.5) is 17.1 Å². The maximum Gasteiger partial charge on any atom is 0.0714 e. The second kappa shape index (κ2) is 16.0. The molecule has 9 aromatic rings. The van der Waals surface area contributed by atoms with E-state index in [1.54, 1.807) is 5.56 Å². The Morgan fingerprint density at radius 3 is 1.40 bits per heavy atom. The van der Waals surface area contributed by atoms with Crippen LogP contribution in [-0.2, 0) is 10.8 Å². The molecule has 0 N–H and O–H groups in total. The number of benzene rings is 9. The molecule has 0 heterocycles. The van der Waals surface area contributed by atoms with Crippen LogP contribution in [0, 0.1) is 24.7 Å². The van der Waals surface area contributed by atoms with Gasteiger partial charge in [0.15, 0.2) is 0 Å². The summed E-state index contributed by atoms with van der Waals surface area (Å²) in [7, 11) is 0. The molecule has 324 valence electrons. The Balaban J connectivity index is 1.03. The molecule has 0 atom stereocenters. The van der Waals surface area contributed by atoms with Crippen molar-refractivity contribution in [3.8, 4) is 44.5 Å². The molecular formula is C66H55N. The molecule has 1 nitrogen and oxygen atoms in total. The van der Waals surface area contributed by atoms with E-state index in [1.807, 2.05) is 0 Å². The van der Waals surface area contributed by atoms with E-state index < -0.39 is 5.41 Å². The molecule has 5 aliphatic rings. The van der Waals surface area contributed by atoms with Gasteiger partial charge >= 0.3 is 0 Å². The Bertz CT molecular complexity index is 3200. The highest BCUT2D eigenvalue weighted by Gasteiger charge is 2.52. The van der Waals surface area contributed by atoms with Crippen molar-refractivity contribution in [2.75, 3.05) is 4.90 Å². The Labute approximate surface area is 396 Å². The number of nitrogens with zero attached hydrogens (tertiary/aromatic N) is 1. The molecule has 0 unspecified atom stereocenters. The lowest BCUT2D eigenvalue weighted by atomic mass is 9.48. The first-order valence-corrected chi connectivity index (χ1v) is 24.7. The van der Waals surface area contributed by atoms with E-state index in [2.05, 4.69) is 236 Å². The zero-order valence-corrected chi connectivity index (χ0v) is 38.3. The predicted octanol–water partition coefficient (Wildman–Crippen LogP) is 17.3. The van der Waals surface area contributed by atoms with Crippen LogP contribution in [0.3, 0.4) is 0 Å². The number of anilines is 3. The molecule has 0 spiro atoms. The average molecular weight is 862 g/mol. The van der Waals surface area contributed by atoms with Crippen LogP contribution in [0.1, 0.15) is 71.9 Å². The zero-order valence-electron chi connectivity index (χ0n) is 38.3. The van der Waals surface area contributed by atoms with Crippen molar-refractivity contribution in [1.82, 2.24) is 0 Å². The van der Waals surface area contributed by atoms with Gasteiger partial charge in [-0.15, -0.1) is 0 Å². The Morgan fingerprint density at radius 2 is 0.806 bits per heavy atom. The van der Waals surface area contributed by atoms with E-state index in [1.165, 1.54) is 117 Å². The van der Waals surface area contributed by atoms with Crippen LogP contribution in [0.25, 0.3) is 44.5 Å². The lowest BCUT2D eigenvalue weighted by molar-refractivity contribution is -0.00518. The summed E-state index contributed by atoms with van der Waals surface area (Å²) in [5, 5.41) is 0. The third-order valence-corrected chi connectivity index (χ3v) is 16.4. The summed E-state index contributed by atoms with van der Waals surface area (Å²) in [5.74, 6) is 2.70. The molecule has 0 aliphatic heterocycles. The number of hydrogen-bond acceptors (Lipinski definition) is 1. The lowest BCUT2D eigenvalue weighted by Crippen LogP contribution is -2.48. The third kappa shape index (κ3) is 6.50. The highest BCUT2D eigenvalue weighted by molar-refractivity contribution is 5.98. The van der Waals surface area contributed by atoms with Crippen LogP contribution in [0.5, 0.6) is 0 Å². The second-order valence-electron chi connectivity index (χ2n) is 20.3. The fraction of sp³-hybridized carbons (Fsp3) is 0.182. The maximum atomic E-state index is 2.56. The smallest absolute Gasteiger partial charge is 0.0714 e. The van der Waals surface area contributed by atoms with Crippen LogP contribution >= 0.6 is 0 Å². The van der Waals surface area contributed by atoms with Crippen molar-refractivity contribution in [2.45, 2.75) is 56.3 Å². The average Bonchev–Trinajstić information content (AvgIpc) is 3.66. The minimum absolute atomic E-state index is 0.323. The third-order valence-electron chi connectivity index (χ3n) is 16.4. The van der Waals surface area contributed by atoms with Gasteiger partial charge in [0.2, 0.25) is 0 Å². The molecule has 0 saturated heterocycles. The maximum absolute atomic E-state index is 2.56. The topological polar surface area (TPSA) is 3.24 Å². The molecule has 0 radical (unpaired) electrons. The minimum atomic E-state index is -0.517. The van der Waals surface area contributed by atoms with Gasteiger partial charge in [-0.2, -0.15) is 0 Å². The largest absolute Gasteiger partial charge is 0.310 e. The Kier molecular flexibility index (Phi) is 9.57. The SMILES string of the molecule is Cc1ccc2c(c1)C(c1ccccc1)(c1ccccc1)c1cc(N(c3ccc(C45CC6CC(CC(C6)C4)C5)cc3)c3ccccc3-c3ccccc3-c3ccccc3-c3ccccc3)ccc1-2. The number of aryl methyl sites for hydroxylation is 1. The van der Waals surface area contributed by atoms with Gasteiger partial charge in [0, 0.05) is 16.9 Å². The molecule has 0 aromatic heterocycles. The van der Waals surface area contributed by atoms with Gasteiger partial charge in [0.25, 0.3) is 0 Å². The summed E-state index contributed by atoms with van der Waals surface area (Å²) < 4.78 is 0. The number of rotatable bonds is 9. The highest BCUT2D eigenvalue weighted by Crippen LogP contribution is 2.62. The van der Waals surface area contributed by atoms with Crippen LogP contribution < -0.4 is 4.90 Å². The summed E-state index contributed by atoms with van der Waals surface area (Å²) in [6, 6.07) is 84.7. The summed E-state index contributed by atoms with van der Waals surface area (Å²) in [5.41, 5.74) is 21.2. The number of hydrogen-bond donors (Lipinski definition) is 0. The van der Waals surface area contributed by atoms with Crippen molar-refractivity contribution in [3.63, 3.8) is 0 Å². The Morgan fingerprint density at radius 1 is 0.358 bits per heavy atom. The molecule has 4 bridgehead atoms. The van der Waals surface area contributed by atoms with Gasteiger partial charge < -0.3 is 4.90 Å². The van der Waals surface area contributed by atoms with Crippen molar-refractivity contribution < 1.29 is 0 Å². The van der Waals surface area contributed by atoms with Gasteiger partial charge in [-0.1, -0.05) is 200 Å². The summed E-state index contributed by atoms with van der Waals surface area (Å²) >= 11 is 0. The second-order valence-corrected chi connectivity index (χ2v) is 20.3. The number of fused-ring (bicyclic) bond motifs is 3. The molecule has 4 saturated carbocycles. The van der Waals surface area contributed by atoms with Gasteiger partial charge in [-0.05, 0) is 166 Å². The zero-order chi connectivity index (χ0) is 44.5. The van der Waals surface area contributed by atoms with E-state index in [0.29, 0.717) is 5.41 Å². The molecule has 9 aromatic carbocycles. The van der Waals surface area contributed by atoms with E-state index in [4.69, 9.17) is 0 Å². The Hall–Kier alpha value is -7.22. The summed E-state index contributed by atoms with van der Waals surface area (Å²) in [4.78, 5) is 2.56. The molecule has 67 heavy (non-hydrogen) atoms. The lowest BCUT2D eigenvalue weighted by Gasteiger charge is -2.57. The summed E-state index contributed by atoms with van der Waals surface area (Å²) in [6.07, 6.45) is 8.44. The first-order chi connectivity index (χ1) is 33.1. The van der Waals surface area contributed by atoms with Crippen molar-refractivity contribution >= 4 is 17.1 Å². The van der Waals surface area contributed by atoms with Crippen LogP contribution in [-0.4, -0.2) is 0 Å². The summed E-state index contributed by atoms with van der Waals surface area (Å²) in [6.45, 7) is 2.23. The normalized spacial score (nSPS) is 20.6. The van der Waals surface area contributed by atoms with Gasteiger partial charge in [-0.25, -0.2) is 0 Å². The molecule has 14 rings (SSSR count). The molecule has 5 aliphatic carbocycles. The number of para-hydroxylation sites is 1. The minimum Gasteiger partial charge on any atom is -0.310 e. The van der Waals surface area contributed by atoms with Gasteiger partial charge in [-0.3, -0.25) is 0 Å². The predicted molar refractivity (Wildman–Crippen MR) is 279 cm³/mol. The van der Waals surface area contributed by atoms with E-state index in [-0.39, 0.29) is 0 Å². The quantitative estimate of drug-likeness (QED) is 0.140. The molecule has 4 fully saturated rings. The van der Waals surface area contributed by atoms with E-state index in [0.717, 1.165) is 29.1 Å². The van der Waals surface area contributed by atoms with E-state index >= 15 is 0 Å². The molecule has 0 amide bonds. The fourth-order valence-corrected chi connectivity index (χ4v) is 14.0. The van der Waals surface area contributed by atoms with E-state index in [9.17, 15) is 0 Å². The van der Waals surface area contributed by atoms with Gasteiger partial charge in [0.1, 0.15) is 0 Å². The van der Waals surface area contributed by atoms with Crippen LogP contribution in [0.2, 0.25) is 0 Å². The van der Waals surface area contributed by atoms with Crippen molar-refractivity contribution in [1.29, 1.82) is 0 Å². The van der Waals surface area contributed by atoms with Crippen LogP contribution in [0.15, 0.2) is 224 Å². The molecule has 1 heteroatoms. The first-order valence-electron chi connectivity index (χ1n) is 24.7. The highest BCUT2D eigenvalue weighted by atomic mass is 15.1. The van der Waals surface area contributed by atoms with Crippen molar-refractivity contribution in [2.24, 2.45) is 17.8 Å². The van der Waals surface area contributed by atoms with Crippen molar-refractivity contribution in [3.05, 3.63) is 258 Å². The first kappa shape index (κ1) is 40.1. The monoisotopic (exact) mass is 861 g/mol. The standard InChI is InChI=1S/C66H55N/c1-45-29-35-59-60-36-34-54(41-63(60)66(62(59)37-45,51-19-7-3-8-20-51)52-21-9-4-10-22-52)67(53-32-30-50(31-33-53)65-42-46-38-47(43-65)40-48(39-46)44-65)64-28-16-15-27-61(64)58-26-14-13-25-57(58)56-24-12-11-23-55(56)49-17-5-2-6-18-49/h2-37,41,46-48H,38-40,42-44H2,1H3.